The van der Waals surface area contributed by atoms with Crippen molar-refractivity contribution in [1.29, 1.82) is 0 Å². The molecule has 0 bridgehead atoms. The molecule has 0 N–H and O–H groups in total. The molecule has 0 fully saturated rings. The van der Waals surface area contributed by atoms with Crippen LogP contribution in [0.25, 0.3) is 21.9 Å². The third kappa shape index (κ3) is 11.7. The maximum Gasteiger partial charge on any atom is 0.530 e. The molecule has 0 atom stereocenters. The minimum atomic E-state index is -2.20. The number of hydrogen-bond donors (Lipinski definition) is 0. The number of methoxy groups -OCH3 is 4. The van der Waals surface area contributed by atoms with Crippen LogP contribution in [0, 0.1) is 0 Å². The molecule has 1 aromatic heterocycles. The largest absolute Gasteiger partial charge is 0.530 e. The predicted octanol–water partition coefficient (Wildman–Crippen LogP) is 16.7. The van der Waals surface area contributed by atoms with Gasteiger partial charge in [0.2, 0.25) is 0 Å². The summed E-state index contributed by atoms with van der Waals surface area (Å²) in [5.74, 6) is 5.17. The van der Waals surface area contributed by atoms with E-state index < -0.39 is 27.7 Å². The zero-order valence-corrected chi connectivity index (χ0v) is 44.9. The van der Waals surface area contributed by atoms with Gasteiger partial charge in [0.15, 0.2) is 0 Å². The van der Waals surface area contributed by atoms with Crippen LogP contribution in [0.2, 0.25) is 0 Å². The first-order valence-corrected chi connectivity index (χ1v) is 25.4. The van der Waals surface area contributed by atoms with Crippen LogP contribution in [-0.4, -0.2) is 28.4 Å². The monoisotopic (exact) mass is 974 g/mol. The fourth-order valence-corrected chi connectivity index (χ4v) is 10.3. The van der Waals surface area contributed by atoms with Gasteiger partial charge >= 0.3 is 16.8 Å². The van der Waals surface area contributed by atoms with Crippen LogP contribution in [0.4, 0.5) is 0 Å². The van der Waals surface area contributed by atoms with Gasteiger partial charge in [-0.15, -0.1) is 0 Å². The average molecular weight is 975 g/mol. The molecule has 7 rings (SSSR count). The number of para-hydroxylation sites is 2. The SMILES string of the molecule is COc1cc(Cc2cc(OC)cc(C(C)(C)C)c2Op2oc3c(C(C)(C)C)cc(OC)cc3c3cc(OC)cc(C(C)(C)C)c3o2)c(OP(Oc2ccccc2)Oc2ccccc2)c(C(C)(C)C)c1. The van der Waals surface area contributed by atoms with E-state index in [-0.39, 0.29) is 10.8 Å². The summed E-state index contributed by atoms with van der Waals surface area (Å²) in [6.07, 6.45) is 0.316. The van der Waals surface area contributed by atoms with Gasteiger partial charge in [-0.2, -0.15) is 0 Å². The lowest BCUT2D eigenvalue weighted by atomic mass is 9.82. The lowest BCUT2D eigenvalue weighted by Gasteiger charge is -2.28. The first-order chi connectivity index (χ1) is 32.5. The van der Waals surface area contributed by atoms with Gasteiger partial charge in [-0.1, -0.05) is 119 Å². The molecule has 6 aromatic carbocycles. The number of fused-ring (bicyclic) bond motifs is 3. The fourth-order valence-electron chi connectivity index (χ4n) is 8.05. The van der Waals surface area contributed by atoms with Gasteiger partial charge < -0.3 is 45.4 Å². The van der Waals surface area contributed by atoms with Crippen LogP contribution < -0.4 is 37.0 Å². The smallest absolute Gasteiger partial charge is 0.497 e. The Morgan fingerprint density at radius 3 is 1.13 bits per heavy atom. The minimum absolute atomic E-state index is 0.316. The van der Waals surface area contributed by atoms with Gasteiger partial charge in [-0.05, 0) is 94.5 Å². The second kappa shape index (κ2) is 20.2. The van der Waals surface area contributed by atoms with Crippen molar-refractivity contribution in [3.8, 4) is 46.0 Å². The summed E-state index contributed by atoms with van der Waals surface area (Å²) in [7, 11) is 2.47. The van der Waals surface area contributed by atoms with Crippen LogP contribution in [0.15, 0.2) is 118 Å². The average Bonchev–Trinajstić information content (AvgIpc) is 3.44. The molecule has 10 nitrogen and oxygen atoms in total. The van der Waals surface area contributed by atoms with E-state index in [4.69, 9.17) is 45.4 Å². The van der Waals surface area contributed by atoms with E-state index in [9.17, 15) is 0 Å². The molecule has 0 aliphatic carbocycles. The highest BCUT2D eigenvalue weighted by Crippen LogP contribution is 2.52. The summed E-state index contributed by atoms with van der Waals surface area (Å²) < 4.78 is 65.8. The van der Waals surface area contributed by atoms with Crippen LogP contribution in [0.5, 0.6) is 46.0 Å². The normalized spacial score (nSPS) is 12.2. The number of ether oxygens (including phenoxy) is 4. The Kier molecular flexibility index (Phi) is 14.9. The lowest BCUT2D eigenvalue weighted by Crippen LogP contribution is -2.16. The van der Waals surface area contributed by atoms with E-state index in [1.165, 1.54) is 0 Å². The zero-order valence-electron chi connectivity index (χ0n) is 43.1. The topological polar surface area (TPSA) is 100 Å². The third-order valence-corrected chi connectivity index (χ3v) is 13.8. The molecule has 12 heteroatoms. The molecule has 0 saturated carbocycles. The lowest BCUT2D eigenvalue weighted by molar-refractivity contribution is 0.377. The van der Waals surface area contributed by atoms with E-state index in [1.807, 2.05) is 109 Å². The quantitative estimate of drug-likeness (QED) is 0.0980. The first kappa shape index (κ1) is 50.9. The summed E-state index contributed by atoms with van der Waals surface area (Å²) in [6, 6.07) is 35.3. The molecular formula is C57H68O10P2. The van der Waals surface area contributed by atoms with Crippen LogP contribution in [0.1, 0.15) is 116 Å². The van der Waals surface area contributed by atoms with Gasteiger partial charge in [0.25, 0.3) is 0 Å². The van der Waals surface area contributed by atoms with Crippen LogP contribution in [0.3, 0.4) is 0 Å². The van der Waals surface area contributed by atoms with Crippen molar-refractivity contribution in [1.82, 2.24) is 0 Å². The Labute approximate surface area is 410 Å². The van der Waals surface area contributed by atoms with E-state index in [1.54, 1.807) is 28.4 Å². The molecule has 0 amide bonds. The standard InChI is InChI=1S/C57H68O10P2/c1-54(2,3)46-32-40(58-13)28-36(50(46)64-68(62-38-23-19-17-20-24-38)63-39-25-21-18-22-26-39)27-37-29-41(59-14)33-47(55(4,5)6)51(37)65-69-66-52-44(30-42(60-15)34-48(52)56(7,8)9)45-31-43(61-16)35-49(53(45)67-69)57(10,11)12/h17-26,28-35H,27H2,1-16H3. The van der Waals surface area contributed by atoms with Crippen LogP contribution in [-0.2, 0) is 28.1 Å². The van der Waals surface area contributed by atoms with E-state index >= 15 is 0 Å². The Balaban J connectivity index is 1.51. The Morgan fingerprint density at radius 2 is 0.754 bits per heavy atom. The molecule has 7 aromatic rings. The van der Waals surface area contributed by atoms with Crippen molar-refractivity contribution < 1.29 is 45.4 Å². The molecular weight excluding hydrogens is 907 g/mol. The number of hydrogen-bond acceptors (Lipinski definition) is 10. The summed E-state index contributed by atoms with van der Waals surface area (Å²) in [5, 5.41) is 1.64. The molecule has 0 spiro atoms. The second-order valence-electron chi connectivity index (χ2n) is 21.2. The van der Waals surface area contributed by atoms with Gasteiger partial charge in [0.1, 0.15) is 57.2 Å². The highest BCUT2D eigenvalue weighted by Gasteiger charge is 2.33. The molecule has 0 aliphatic heterocycles. The maximum absolute atomic E-state index is 7.38. The van der Waals surface area contributed by atoms with Gasteiger partial charge in [-0.25, -0.2) is 0 Å². The Hall–Kier alpha value is -5.95. The molecule has 366 valence electrons. The van der Waals surface area contributed by atoms with E-state index in [0.717, 1.165) is 44.2 Å². The minimum Gasteiger partial charge on any atom is -0.497 e. The van der Waals surface area contributed by atoms with Gasteiger partial charge in [0, 0.05) is 50.6 Å². The van der Waals surface area contributed by atoms with Crippen molar-refractivity contribution in [2.45, 2.75) is 111 Å². The molecule has 0 saturated heterocycles. The second-order valence-corrected chi connectivity index (χ2v) is 23.2. The van der Waals surface area contributed by atoms with E-state index in [2.05, 4.69) is 83.1 Å². The Bertz CT molecular complexity index is 2830. The fraction of sp³-hybridized carbons (Fsp3) is 0.368. The molecule has 0 aliphatic rings. The zero-order chi connectivity index (χ0) is 50.1. The summed E-state index contributed by atoms with van der Waals surface area (Å²) >= 11 is 0. The maximum atomic E-state index is 7.38. The molecule has 1 heterocycles. The number of rotatable bonds is 14. The third-order valence-electron chi connectivity index (χ3n) is 11.8. The highest BCUT2D eigenvalue weighted by atomic mass is 31.2. The van der Waals surface area contributed by atoms with E-state index in [0.29, 0.717) is 63.6 Å². The van der Waals surface area contributed by atoms with Crippen molar-refractivity contribution in [2.75, 3.05) is 28.4 Å². The molecule has 0 radical (unpaired) electrons. The highest BCUT2D eigenvalue weighted by molar-refractivity contribution is 7.43. The van der Waals surface area contributed by atoms with Crippen molar-refractivity contribution in [2.24, 2.45) is 0 Å². The van der Waals surface area contributed by atoms with Crippen molar-refractivity contribution in [3.63, 3.8) is 0 Å². The summed E-state index contributed by atoms with van der Waals surface area (Å²) in [5.41, 5.74) is 5.04. The van der Waals surface area contributed by atoms with Crippen LogP contribution >= 0.6 is 16.8 Å². The molecule has 69 heavy (non-hydrogen) atoms. The molecule has 0 unspecified atom stereocenters. The summed E-state index contributed by atoms with van der Waals surface area (Å²) in [6.45, 7) is 25.9. The first-order valence-electron chi connectivity index (χ1n) is 23.2. The predicted molar refractivity (Wildman–Crippen MR) is 281 cm³/mol. The van der Waals surface area contributed by atoms with Crippen molar-refractivity contribution >= 4 is 38.8 Å². The number of benzene rings is 6. The Morgan fingerprint density at radius 1 is 0.406 bits per heavy atom. The van der Waals surface area contributed by atoms with Gasteiger partial charge in [-0.3, -0.25) is 0 Å². The van der Waals surface area contributed by atoms with Crippen molar-refractivity contribution in [3.05, 3.63) is 143 Å². The van der Waals surface area contributed by atoms with Gasteiger partial charge in [0.05, 0.1) is 28.4 Å². The summed E-state index contributed by atoms with van der Waals surface area (Å²) in [4.78, 5) is 0.